The molecule has 20 heavy (non-hydrogen) atoms. The van der Waals surface area contributed by atoms with Crippen LogP contribution in [-0.4, -0.2) is 37.7 Å². The van der Waals surface area contributed by atoms with Gasteiger partial charge < -0.3 is 19.7 Å². The number of likely N-dealkylation sites (tertiary alicyclic amines) is 1. The summed E-state index contributed by atoms with van der Waals surface area (Å²) in [5, 5.41) is 2.92. The van der Waals surface area contributed by atoms with Crippen LogP contribution >= 0.6 is 0 Å². The zero-order valence-corrected chi connectivity index (χ0v) is 12.3. The van der Waals surface area contributed by atoms with Crippen molar-refractivity contribution in [3.8, 4) is 11.5 Å². The van der Waals surface area contributed by atoms with Crippen LogP contribution in [0, 0.1) is 0 Å². The van der Waals surface area contributed by atoms with Crippen LogP contribution in [0.3, 0.4) is 0 Å². The zero-order chi connectivity index (χ0) is 14.5. The molecule has 1 saturated heterocycles. The van der Waals surface area contributed by atoms with Gasteiger partial charge in [0, 0.05) is 18.7 Å². The van der Waals surface area contributed by atoms with Crippen LogP contribution in [0.5, 0.6) is 11.5 Å². The maximum atomic E-state index is 12.4. The van der Waals surface area contributed by atoms with Crippen molar-refractivity contribution in [3.63, 3.8) is 0 Å². The number of benzene rings is 1. The van der Waals surface area contributed by atoms with Crippen molar-refractivity contribution in [2.45, 2.75) is 32.2 Å². The fourth-order valence-corrected chi connectivity index (χ4v) is 2.50. The van der Waals surface area contributed by atoms with Gasteiger partial charge in [-0.3, -0.25) is 0 Å². The molecule has 0 radical (unpaired) electrons. The lowest BCUT2D eigenvalue weighted by Crippen LogP contribution is -2.44. The predicted octanol–water partition coefficient (Wildman–Crippen LogP) is 3.11. The van der Waals surface area contributed by atoms with E-state index >= 15 is 0 Å². The highest BCUT2D eigenvalue weighted by atomic mass is 16.5. The number of hydrogen-bond donors (Lipinski definition) is 1. The lowest BCUT2D eigenvalue weighted by Gasteiger charge is -2.33. The number of carbonyl (C=O) groups is 1. The molecule has 1 aliphatic rings. The highest BCUT2D eigenvalue weighted by Crippen LogP contribution is 2.29. The molecular weight excluding hydrogens is 256 g/mol. The standard InChI is InChI=1S/C15H22N2O3/c1-11-6-4-5-9-17(11)15(18)16-13-10-12(19-2)7-8-14(13)20-3/h7-8,10-11H,4-6,9H2,1-3H3,(H,16,18)/t11-/m0/s1. The van der Waals surface area contributed by atoms with Crippen molar-refractivity contribution in [1.29, 1.82) is 0 Å². The lowest BCUT2D eigenvalue weighted by atomic mass is 10.0. The smallest absolute Gasteiger partial charge is 0.322 e. The number of anilines is 1. The third kappa shape index (κ3) is 3.15. The largest absolute Gasteiger partial charge is 0.497 e. The summed E-state index contributed by atoms with van der Waals surface area (Å²) in [6.07, 6.45) is 3.31. The molecule has 0 aromatic heterocycles. The fraction of sp³-hybridized carbons (Fsp3) is 0.533. The van der Waals surface area contributed by atoms with Gasteiger partial charge in [-0.1, -0.05) is 0 Å². The minimum atomic E-state index is -0.0799. The molecule has 0 saturated carbocycles. The molecule has 1 N–H and O–H groups in total. The SMILES string of the molecule is COc1ccc(OC)c(NC(=O)N2CCCC[C@@H]2C)c1. The van der Waals surface area contributed by atoms with Crippen LogP contribution < -0.4 is 14.8 Å². The van der Waals surface area contributed by atoms with Gasteiger partial charge in [0.1, 0.15) is 11.5 Å². The molecule has 5 heteroatoms. The van der Waals surface area contributed by atoms with E-state index in [2.05, 4.69) is 12.2 Å². The molecule has 0 unspecified atom stereocenters. The molecule has 0 spiro atoms. The molecule has 1 heterocycles. The van der Waals surface area contributed by atoms with E-state index < -0.39 is 0 Å². The monoisotopic (exact) mass is 278 g/mol. The van der Waals surface area contributed by atoms with Crippen molar-refractivity contribution in [3.05, 3.63) is 18.2 Å². The van der Waals surface area contributed by atoms with E-state index in [1.807, 2.05) is 4.90 Å². The number of methoxy groups -OCH3 is 2. The Balaban J connectivity index is 2.13. The molecule has 110 valence electrons. The maximum Gasteiger partial charge on any atom is 0.322 e. The second kappa shape index (κ2) is 6.50. The molecule has 0 aliphatic carbocycles. The molecule has 5 nitrogen and oxygen atoms in total. The number of nitrogens with zero attached hydrogens (tertiary/aromatic N) is 1. The molecule has 2 rings (SSSR count). The van der Waals surface area contributed by atoms with E-state index in [4.69, 9.17) is 9.47 Å². The first-order valence-electron chi connectivity index (χ1n) is 6.95. The summed E-state index contributed by atoms with van der Waals surface area (Å²) in [5.74, 6) is 1.32. The van der Waals surface area contributed by atoms with Crippen molar-refractivity contribution < 1.29 is 14.3 Å². The summed E-state index contributed by atoms with van der Waals surface area (Å²) >= 11 is 0. The van der Waals surface area contributed by atoms with Gasteiger partial charge in [0.15, 0.2) is 0 Å². The Kier molecular flexibility index (Phi) is 4.71. The van der Waals surface area contributed by atoms with Crippen molar-refractivity contribution in [1.82, 2.24) is 4.90 Å². The Bertz CT molecular complexity index is 476. The highest BCUT2D eigenvalue weighted by molar-refractivity contribution is 5.91. The van der Waals surface area contributed by atoms with E-state index in [0.717, 1.165) is 19.4 Å². The third-order valence-corrected chi connectivity index (χ3v) is 3.71. The van der Waals surface area contributed by atoms with Crippen molar-refractivity contribution in [2.24, 2.45) is 0 Å². The molecule has 0 bridgehead atoms. The average Bonchev–Trinajstić information content (AvgIpc) is 2.47. The van der Waals surface area contributed by atoms with Gasteiger partial charge in [0.05, 0.1) is 19.9 Å². The maximum absolute atomic E-state index is 12.4. The van der Waals surface area contributed by atoms with Gasteiger partial charge in [0.25, 0.3) is 0 Å². The number of rotatable bonds is 3. The molecular formula is C15H22N2O3. The minimum Gasteiger partial charge on any atom is -0.497 e. The molecule has 2 amide bonds. The van der Waals surface area contributed by atoms with E-state index in [9.17, 15) is 4.79 Å². The Morgan fingerprint density at radius 2 is 2.10 bits per heavy atom. The Hall–Kier alpha value is -1.91. The van der Waals surface area contributed by atoms with E-state index in [-0.39, 0.29) is 12.1 Å². The summed E-state index contributed by atoms with van der Waals surface area (Å²) in [5.41, 5.74) is 0.634. The Morgan fingerprint density at radius 3 is 2.75 bits per heavy atom. The van der Waals surface area contributed by atoms with Crippen LogP contribution in [0.1, 0.15) is 26.2 Å². The second-order valence-corrected chi connectivity index (χ2v) is 5.03. The summed E-state index contributed by atoms with van der Waals surface area (Å²) in [6.45, 7) is 2.89. The first-order valence-corrected chi connectivity index (χ1v) is 6.95. The van der Waals surface area contributed by atoms with Crippen LogP contribution in [0.2, 0.25) is 0 Å². The average molecular weight is 278 g/mol. The van der Waals surface area contributed by atoms with Gasteiger partial charge in [-0.15, -0.1) is 0 Å². The summed E-state index contributed by atoms with van der Waals surface area (Å²) in [6, 6.07) is 5.56. The topological polar surface area (TPSA) is 50.8 Å². The van der Waals surface area contributed by atoms with Crippen molar-refractivity contribution >= 4 is 11.7 Å². The number of hydrogen-bond acceptors (Lipinski definition) is 3. The van der Waals surface area contributed by atoms with Gasteiger partial charge in [-0.2, -0.15) is 0 Å². The van der Waals surface area contributed by atoms with E-state index in [0.29, 0.717) is 17.2 Å². The number of ether oxygens (including phenoxy) is 2. The van der Waals surface area contributed by atoms with Gasteiger partial charge in [0.2, 0.25) is 0 Å². The van der Waals surface area contributed by atoms with Gasteiger partial charge >= 0.3 is 6.03 Å². The summed E-state index contributed by atoms with van der Waals surface area (Å²) in [7, 11) is 3.18. The van der Waals surface area contributed by atoms with Crippen molar-refractivity contribution in [2.75, 3.05) is 26.1 Å². The number of nitrogens with one attached hydrogen (secondary N) is 1. The minimum absolute atomic E-state index is 0.0799. The molecule has 1 aromatic carbocycles. The van der Waals surface area contributed by atoms with Crippen LogP contribution in [0.4, 0.5) is 10.5 Å². The second-order valence-electron chi connectivity index (χ2n) is 5.03. The Morgan fingerprint density at radius 1 is 1.30 bits per heavy atom. The zero-order valence-electron chi connectivity index (χ0n) is 12.3. The number of urea groups is 1. The summed E-state index contributed by atoms with van der Waals surface area (Å²) in [4.78, 5) is 14.2. The molecule has 1 fully saturated rings. The quantitative estimate of drug-likeness (QED) is 0.924. The highest BCUT2D eigenvalue weighted by Gasteiger charge is 2.23. The fourth-order valence-electron chi connectivity index (χ4n) is 2.50. The summed E-state index contributed by atoms with van der Waals surface area (Å²) < 4.78 is 10.5. The number of carbonyl (C=O) groups excluding carboxylic acids is 1. The van der Waals surface area contributed by atoms with E-state index in [1.165, 1.54) is 6.42 Å². The molecule has 1 aromatic rings. The van der Waals surface area contributed by atoms with Crippen LogP contribution in [-0.2, 0) is 0 Å². The lowest BCUT2D eigenvalue weighted by molar-refractivity contribution is 0.170. The van der Waals surface area contributed by atoms with Gasteiger partial charge in [-0.25, -0.2) is 4.79 Å². The predicted molar refractivity (Wildman–Crippen MR) is 78.6 cm³/mol. The number of amides is 2. The molecule has 1 atom stereocenters. The third-order valence-electron chi connectivity index (χ3n) is 3.71. The normalized spacial score (nSPS) is 18.6. The first-order chi connectivity index (χ1) is 9.65. The van der Waals surface area contributed by atoms with Gasteiger partial charge in [-0.05, 0) is 38.3 Å². The molecule has 1 aliphatic heterocycles. The van der Waals surface area contributed by atoms with Crippen LogP contribution in [0.15, 0.2) is 18.2 Å². The van der Waals surface area contributed by atoms with E-state index in [1.54, 1.807) is 32.4 Å². The first kappa shape index (κ1) is 14.5. The van der Waals surface area contributed by atoms with Crippen LogP contribution in [0.25, 0.3) is 0 Å². The Labute approximate surface area is 119 Å². The number of piperidine rings is 1.